The van der Waals surface area contributed by atoms with Gasteiger partial charge in [0.15, 0.2) is 7.14 Å². The second-order valence-corrected chi connectivity index (χ2v) is 39.2. The van der Waals surface area contributed by atoms with Crippen molar-refractivity contribution < 1.29 is 4.57 Å². The summed E-state index contributed by atoms with van der Waals surface area (Å²) in [4.78, 5) is 24.4. The zero-order valence-corrected chi connectivity index (χ0v) is 74.4. The molecule has 27 aromatic rings. The van der Waals surface area contributed by atoms with Crippen LogP contribution < -0.4 is 15.9 Å². The molecule has 0 saturated heterocycles. The first-order valence-corrected chi connectivity index (χ1v) is 48.5. The minimum Gasteiger partial charge on any atom is -0.309 e. The lowest BCUT2D eigenvalue weighted by molar-refractivity contribution is 0.592. The van der Waals surface area contributed by atoms with Gasteiger partial charge in [0.25, 0.3) is 0 Å². The first-order chi connectivity index (χ1) is 65.3. The summed E-state index contributed by atoms with van der Waals surface area (Å²) < 4.78 is 25.9. The van der Waals surface area contributed by atoms with Crippen molar-refractivity contribution in [3.63, 3.8) is 0 Å². The van der Waals surface area contributed by atoms with Crippen LogP contribution in [-0.4, -0.2) is 33.1 Å². The average molecular weight is 1780 g/mol. The fourth-order valence-corrected chi connectivity index (χ4v) is 25.9. The third-order valence-corrected chi connectivity index (χ3v) is 32.3. The Morgan fingerprint density at radius 3 is 0.992 bits per heavy atom. The molecule has 0 N–H and O–H groups in total. The summed E-state index contributed by atoms with van der Waals surface area (Å²) in [6.07, 6.45) is 0. The van der Waals surface area contributed by atoms with Crippen molar-refractivity contribution in [3.05, 3.63) is 461 Å². The van der Waals surface area contributed by atoms with Crippen molar-refractivity contribution in [1.29, 1.82) is 0 Å². The molecule has 133 heavy (non-hydrogen) atoms. The molecule has 10 aromatic heterocycles. The normalized spacial score (nSPS) is 11.7. The second kappa shape index (κ2) is 33.4. The van der Waals surface area contributed by atoms with Crippen LogP contribution in [0.25, 0.3) is 222 Å². The number of hydrogen-bond acceptors (Lipinski definition) is 8. The van der Waals surface area contributed by atoms with Crippen LogP contribution in [0.15, 0.2) is 461 Å². The number of fused-ring (bicyclic) bond motifs is 21. The molecule has 10 heterocycles. The molecule has 0 spiro atoms. The number of nitrogens with zero attached hydrogens (tertiary/aromatic N) is 7. The predicted octanol–water partition coefficient (Wildman–Crippen LogP) is 32.4. The average Bonchev–Trinajstić information content (AvgIpc) is 1.54. The van der Waals surface area contributed by atoms with Crippen molar-refractivity contribution in [2.75, 3.05) is 0 Å². The van der Waals surface area contributed by atoms with Crippen molar-refractivity contribution in [2.24, 2.45) is 0 Å². The maximum Gasteiger partial charge on any atom is 0.171 e. The maximum atomic E-state index is 14.8. The maximum absolute atomic E-state index is 14.8. The lowest BCUT2D eigenvalue weighted by Gasteiger charge is -2.20. The Kier molecular flexibility index (Phi) is 20.2. The SMILES string of the molecule is C.O=P(c1ccccc1)(c1ccccc1)c1ccc(-c2c3ccccc3n3c2sc2ccccc23)cc1.c1ccc(-c2ccc3ccc4ccc(-c5ccc(-c6c7ccccc7n7c6sc6c(-c8ccccc8)cccc67)cc5)nc4c3n2)cc1.c1ccc(-c2ccc3ccc4ccc(-c5cccc(-c6ccc7c(c6)c(-c6ccccc6)c6sc8ccccc8n67)c5)nc4c3n2)cc1. The van der Waals surface area contributed by atoms with Gasteiger partial charge in [0.1, 0.15) is 14.5 Å². The number of aromatic nitrogens is 7. The lowest BCUT2D eigenvalue weighted by atomic mass is 9.98. The summed E-state index contributed by atoms with van der Waals surface area (Å²) >= 11 is 5.56. The number of thiazole rings is 3. The van der Waals surface area contributed by atoms with Crippen LogP contribution in [0.3, 0.4) is 0 Å². The Bertz CT molecular complexity index is 9190. The van der Waals surface area contributed by atoms with E-state index in [1.165, 1.54) is 122 Å². The van der Waals surface area contributed by atoms with Crippen LogP contribution in [0.1, 0.15) is 7.43 Å². The van der Waals surface area contributed by atoms with Crippen molar-refractivity contribution in [2.45, 2.75) is 7.43 Å². The Hall–Kier alpha value is -16.1. The smallest absolute Gasteiger partial charge is 0.171 e. The molecule has 0 aliphatic heterocycles. The standard InChI is InChI=1S/2C44H27N3S.C32H22NOPS.CH4/c1-3-10-28(11-4-1)36-23-20-30-18-19-31-21-24-37(46-43(31)42(30)45-36)34-15-9-14-32(26-34)33-22-25-38-35(27-33)41(29-12-5-2-6-13-29)44-47(38)39-16-7-8-17-40(39)48-44;1-3-10-28(11-4-1)34-15-9-17-39-43(34)48-44-40(35-14-7-8-16-38(35)47(39)44)31-20-18-30(19-21-31)37-27-25-33-23-22-32-24-26-36(29-12-5-2-6-13-29)45-41(32)42(33)46-37;34-35(24-11-3-1-4-12-24,25-13-5-2-6-14-25)26-21-19-23(20-22-26)31-27-15-7-8-16-28(27)33-29-17-9-10-18-30(29)36-32(31)33;/h2*1-27H;1-22H;1H4. The number of para-hydroxylation sites is 4. The van der Waals surface area contributed by atoms with Crippen LogP contribution in [0, 0.1) is 0 Å². The molecule has 0 atom stereocenters. The van der Waals surface area contributed by atoms with E-state index in [4.69, 9.17) is 19.9 Å². The molecule has 0 radical (unpaired) electrons. The highest BCUT2D eigenvalue weighted by molar-refractivity contribution is 7.85. The van der Waals surface area contributed by atoms with Crippen molar-refractivity contribution in [1.82, 2.24) is 33.1 Å². The summed E-state index contributed by atoms with van der Waals surface area (Å²) in [7, 11) is -3.00. The van der Waals surface area contributed by atoms with E-state index >= 15 is 0 Å². The van der Waals surface area contributed by atoms with Gasteiger partial charge in [0.2, 0.25) is 0 Å². The Labute approximate surface area is 779 Å². The summed E-state index contributed by atoms with van der Waals surface area (Å²) in [5, 5.41) is 10.7. The predicted molar refractivity (Wildman–Crippen MR) is 567 cm³/mol. The third-order valence-electron chi connectivity index (χ3n) is 25.7. The quantitative estimate of drug-likeness (QED) is 0.0899. The summed E-state index contributed by atoms with van der Waals surface area (Å²) in [6, 6.07) is 162. The molecular formula is C121H80N7OPS3. The van der Waals surface area contributed by atoms with Gasteiger partial charge in [-0.25, -0.2) is 19.9 Å². The molecule has 8 nitrogen and oxygen atoms in total. The number of hydrogen-bond donors (Lipinski definition) is 0. The van der Waals surface area contributed by atoms with Gasteiger partial charge in [-0.1, -0.05) is 384 Å². The Morgan fingerprint density at radius 1 is 0.211 bits per heavy atom. The highest BCUT2D eigenvalue weighted by Crippen LogP contribution is 2.50. The zero-order valence-electron chi connectivity index (χ0n) is 71.1. The van der Waals surface area contributed by atoms with Gasteiger partial charge in [0.05, 0.1) is 92.0 Å². The van der Waals surface area contributed by atoms with Crippen LogP contribution in [0.2, 0.25) is 0 Å². The number of pyridine rings is 4. The highest BCUT2D eigenvalue weighted by Gasteiger charge is 2.31. The molecule has 27 rings (SSSR count). The minimum atomic E-state index is -3.00. The molecule has 0 saturated carbocycles. The number of benzene rings is 17. The Morgan fingerprint density at radius 2 is 0.511 bits per heavy atom. The fourth-order valence-electron chi connectivity index (χ4n) is 19.4. The summed E-state index contributed by atoms with van der Waals surface area (Å²) in [5.41, 5.74) is 31.5. The fraction of sp³-hybridized carbons (Fsp3) is 0.00826. The van der Waals surface area contributed by atoms with Gasteiger partial charge in [0, 0.05) is 98.1 Å². The van der Waals surface area contributed by atoms with Gasteiger partial charge >= 0.3 is 0 Å². The Balaban J connectivity index is 0.000000111. The molecule has 0 fully saturated rings. The van der Waals surface area contributed by atoms with Crippen LogP contribution >= 0.6 is 41.2 Å². The molecule has 0 unspecified atom stereocenters. The van der Waals surface area contributed by atoms with Gasteiger partial charge in [-0.3, -0.25) is 13.2 Å². The van der Waals surface area contributed by atoms with Gasteiger partial charge < -0.3 is 4.57 Å². The largest absolute Gasteiger partial charge is 0.309 e. The third kappa shape index (κ3) is 13.9. The molecular weight excluding hydrogens is 1690 g/mol. The van der Waals surface area contributed by atoms with Gasteiger partial charge in [-0.2, -0.15) is 0 Å². The molecule has 628 valence electrons. The molecule has 12 heteroatoms. The topological polar surface area (TPSA) is 81.9 Å². The summed E-state index contributed by atoms with van der Waals surface area (Å²) in [5.74, 6) is 0. The van der Waals surface area contributed by atoms with E-state index in [9.17, 15) is 4.57 Å². The van der Waals surface area contributed by atoms with E-state index in [0.29, 0.717) is 0 Å². The van der Waals surface area contributed by atoms with E-state index in [2.05, 4.69) is 401 Å². The minimum absolute atomic E-state index is 0. The molecule has 0 amide bonds. The first-order valence-electron chi connectivity index (χ1n) is 44.3. The van der Waals surface area contributed by atoms with Crippen LogP contribution in [0.4, 0.5) is 0 Å². The second-order valence-electron chi connectivity index (χ2n) is 33.4. The molecule has 0 aliphatic carbocycles. The van der Waals surface area contributed by atoms with E-state index < -0.39 is 7.14 Å². The molecule has 0 bridgehead atoms. The van der Waals surface area contributed by atoms with Crippen molar-refractivity contribution in [3.8, 4) is 101 Å². The van der Waals surface area contributed by atoms with E-state index in [1.807, 2.05) is 107 Å². The van der Waals surface area contributed by atoms with E-state index in [0.717, 1.165) is 116 Å². The lowest BCUT2D eigenvalue weighted by Crippen LogP contribution is -2.24. The summed E-state index contributed by atoms with van der Waals surface area (Å²) in [6.45, 7) is 0. The van der Waals surface area contributed by atoms with Gasteiger partial charge in [-0.05, 0) is 118 Å². The van der Waals surface area contributed by atoms with E-state index in [-0.39, 0.29) is 7.43 Å². The first kappa shape index (κ1) is 80.2. The number of rotatable bonds is 12. The van der Waals surface area contributed by atoms with E-state index in [1.54, 1.807) is 0 Å². The highest BCUT2D eigenvalue weighted by atomic mass is 32.1. The van der Waals surface area contributed by atoms with Gasteiger partial charge in [-0.15, -0.1) is 34.0 Å². The van der Waals surface area contributed by atoms with Crippen LogP contribution in [0.5, 0.6) is 0 Å². The van der Waals surface area contributed by atoms with Crippen molar-refractivity contribution >= 4 is 179 Å². The molecule has 0 aliphatic rings. The van der Waals surface area contributed by atoms with Crippen LogP contribution in [-0.2, 0) is 4.57 Å². The monoisotopic (exact) mass is 1770 g/mol. The zero-order chi connectivity index (χ0) is 87.3. The molecule has 17 aromatic carbocycles.